The summed E-state index contributed by atoms with van der Waals surface area (Å²) >= 11 is 24.0. The van der Waals surface area contributed by atoms with Gasteiger partial charge in [0.1, 0.15) is 0 Å². The van der Waals surface area contributed by atoms with Crippen LogP contribution in [0.2, 0.25) is 10.0 Å². The summed E-state index contributed by atoms with van der Waals surface area (Å²) < 4.78 is 1.74. The molecule has 0 aromatic heterocycles. The van der Waals surface area contributed by atoms with Crippen molar-refractivity contribution in [3.8, 4) is 11.5 Å². The number of nitrogens with one attached hydrogen (secondary N) is 1. The molecule has 1 N–H and O–H groups in total. The lowest BCUT2D eigenvalue weighted by molar-refractivity contribution is 0.295. The van der Waals surface area contributed by atoms with Crippen LogP contribution in [0.25, 0.3) is 22.6 Å². The zero-order chi connectivity index (χ0) is 19.6. The van der Waals surface area contributed by atoms with E-state index in [4.69, 9.17) is 46.4 Å². The first-order valence-electron chi connectivity index (χ1n) is 8.08. The van der Waals surface area contributed by atoms with Gasteiger partial charge in [0.2, 0.25) is 0 Å². The molecule has 3 rings (SSSR count). The Labute approximate surface area is 186 Å². The van der Waals surface area contributed by atoms with E-state index in [9.17, 15) is 9.59 Å². The molecule has 0 bridgehead atoms. The molecule has 0 amide bonds. The van der Waals surface area contributed by atoms with E-state index in [1.807, 2.05) is 0 Å². The Bertz CT molecular complexity index is 1050. The van der Waals surface area contributed by atoms with Crippen molar-refractivity contribution >= 4 is 69.8 Å². The highest BCUT2D eigenvalue weighted by Crippen LogP contribution is 2.29. The number of aromatic nitrogens is 4. The van der Waals surface area contributed by atoms with Crippen molar-refractivity contribution in [3.63, 3.8) is 0 Å². The van der Waals surface area contributed by atoms with Crippen LogP contribution in [0.5, 0.6) is 0 Å². The van der Waals surface area contributed by atoms with Gasteiger partial charge in [-0.25, -0.2) is 9.78 Å². The van der Waals surface area contributed by atoms with E-state index in [1.54, 1.807) is 16.7 Å². The molecule has 2 aliphatic rings. The van der Waals surface area contributed by atoms with Gasteiger partial charge < -0.3 is 4.57 Å². The minimum atomic E-state index is -0.735. The number of benzene rings is 1. The molecule has 0 atom stereocenters. The average molecular weight is 488 g/mol. The highest BCUT2D eigenvalue weighted by Gasteiger charge is 2.20. The van der Waals surface area contributed by atoms with Crippen molar-refractivity contribution in [2.75, 3.05) is 31.4 Å². The zero-order valence-electron chi connectivity index (χ0n) is 14.4. The van der Waals surface area contributed by atoms with Gasteiger partial charge in [-0.1, -0.05) is 23.2 Å². The van der Waals surface area contributed by atoms with Crippen LogP contribution in [0, 0.1) is 0 Å². The summed E-state index contributed by atoms with van der Waals surface area (Å²) in [5.41, 5.74) is -0.192. The second-order valence-corrected chi connectivity index (χ2v) is 7.35. The number of halogens is 5. The Morgan fingerprint density at radius 1 is 1.00 bits per heavy atom. The smallest absolute Gasteiger partial charge is 0.321 e. The van der Waals surface area contributed by atoms with Gasteiger partial charge in [-0.15, -0.1) is 35.6 Å². The van der Waals surface area contributed by atoms with Gasteiger partial charge in [0, 0.05) is 37.9 Å². The first kappa shape index (κ1) is 23.2. The number of alkyl halides is 2. The van der Waals surface area contributed by atoms with Crippen molar-refractivity contribution in [2.45, 2.75) is 6.54 Å². The highest BCUT2D eigenvalue weighted by molar-refractivity contribution is 6.42. The minimum absolute atomic E-state index is 0. The maximum Gasteiger partial charge on any atom is 0.349 e. The fourth-order valence-corrected chi connectivity index (χ4v) is 3.63. The number of aromatic amines is 1. The van der Waals surface area contributed by atoms with E-state index < -0.39 is 11.2 Å². The third-order valence-corrected chi connectivity index (χ3v) is 5.15. The van der Waals surface area contributed by atoms with E-state index in [1.165, 1.54) is 0 Å². The molecule has 1 aromatic rings. The standard InChI is InChI=1S/C16H15Cl4N5O2.ClH/c17-1-3-24(4-2-18)5-6-25-12-8-10(20)9(19)7-11(12)21-13-14(25)22-16(27)23-15(13)26;/h7-8H,1-6H2,(H,23,26,27);1H. The van der Waals surface area contributed by atoms with Crippen LogP contribution in [0.1, 0.15) is 0 Å². The SMILES string of the molecule is Cl.O=c1nc2n(CCN(CCCl)CCCl)c3cc(Cl)c(Cl)cc3nc-2c(=O)[nH]1. The van der Waals surface area contributed by atoms with Gasteiger partial charge in [-0.3, -0.25) is 14.7 Å². The molecule has 7 nitrogen and oxygen atoms in total. The van der Waals surface area contributed by atoms with Crippen LogP contribution in [0.3, 0.4) is 0 Å². The lowest BCUT2D eigenvalue weighted by Crippen LogP contribution is -2.33. The molecule has 12 heteroatoms. The summed E-state index contributed by atoms with van der Waals surface area (Å²) in [6, 6.07) is 3.22. The molecule has 0 spiro atoms. The summed E-state index contributed by atoms with van der Waals surface area (Å²) in [5, 5.41) is 0.655. The van der Waals surface area contributed by atoms with Crippen LogP contribution in [0.4, 0.5) is 0 Å². The lowest BCUT2D eigenvalue weighted by atomic mass is 10.2. The third-order valence-electron chi connectivity index (χ3n) is 4.09. The molecular weight excluding hydrogens is 471 g/mol. The average Bonchev–Trinajstić information content (AvgIpc) is 2.61. The molecule has 0 saturated carbocycles. The fraction of sp³-hybridized carbons (Fsp3) is 0.375. The van der Waals surface area contributed by atoms with E-state index in [0.717, 1.165) is 0 Å². The number of hydrogen-bond donors (Lipinski definition) is 1. The van der Waals surface area contributed by atoms with E-state index >= 15 is 0 Å². The second-order valence-electron chi connectivity index (χ2n) is 5.78. The summed E-state index contributed by atoms with van der Waals surface area (Å²) in [6.45, 7) is 2.32. The van der Waals surface area contributed by atoms with E-state index in [-0.39, 0.29) is 23.9 Å². The molecule has 2 aliphatic heterocycles. The number of H-pyrrole nitrogens is 1. The predicted molar refractivity (Wildman–Crippen MR) is 116 cm³/mol. The summed E-state index contributed by atoms with van der Waals surface area (Å²) in [5.74, 6) is 1.11. The first-order chi connectivity index (χ1) is 12.9. The normalized spacial score (nSPS) is 11.3. The van der Waals surface area contributed by atoms with Crippen molar-refractivity contribution in [1.82, 2.24) is 24.4 Å². The molecule has 0 saturated heterocycles. The molecule has 0 unspecified atom stereocenters. The van der Waals surface area contributed by atoms with Crippen molar-refractivity contribution in [1.29, 1.82) is 0 Å². The van der Waals surface area contributed by atoms with Crippen LogP contribution < -0.4 is 11.2 Å². The molecule has 28 heavy (non-hydrogen) atoms. The molecule has 0 radical (unpaired) electrons. The van der Waals surface area contributed by atoms with Gasteiger partial charge in [-0.05, 0) is 12.1 Å². The van der Waals surface area contributed by atoms with Crippen LogP contribution >= 0.6 is 58.8 Å². The Balaban J connectivity index is 0.00000280. The van der Waals surface area contributed by atoms with E-state index in [0.29, 0.717) is 59.0 Å². The van der Waals surface area contributed by atoms with Gasteiger partial charge >= 0.3 is 5.69 Å². The molecular formula is C16H16Cl5N5O2. The minimum Gasteiger partial charge on any atom is -0.321 e. The number of hydrogen-bond acceptors (Lipinski definition) is 5. The Hall–Kier alpha value is -1.09. The zero-order valence-corrected chi connectivity index (χ0v) is 18.3. The Morgan fingerprint density at radius 3 is 2.29 bits per heavy atom. The number of fused-ring (bicyclic) bond motifs is 2. The number of rotatable bonds is 7. The lowest BCUT2D eigenvalue weighted by Gasteiger charge is -2.23. The first-order valence-corrected chi connectivity index (χ1v) is 9.91. The maximum absolute atomic E-state index is 12.2. The molecule has 152 valence electrons. The molecule has 2 heterocycles. The van der Waals surface area contributed by atoms with Crippen LogP contribution in [0.15, 0.2) is 21.7 Å². The maximum atomic E-state index is 12.2. The van der Waals surface area contributed by atoms with Gasteiger partial charge in [0.25, 0.3) is 5.56 Å². The largest absolute Gasteiger partial charge is 0.349 e. The molecule has 0 aliphatic carbocycles. The van der Waals surface area contributed by atoms with E-state index in [2.05, 4.69) is 19.9 Å². The van der Waals surface area contributed by atoms with Crippen molar-refractivity contribution in [3.05, 3.63) is 43.0 Å². The summed E-state index contributed by atoms with van der Waals surface area (Å²) in [7, 11) is 0. The topological polar surface area (TPSA) is 83.9 Å². The predicted octanol–water partition coefficient (Wildman–Crippen LogP) is 3.09. The van der Waals surface area contributed by atoms with Crippen LogP contribution in [-0.4, -0.2) is 55.8 Å². The Morgan fingerprint density at radius 2 is 1.64 bits per heavy atom. The third kappa shape index (κ3) is 4.90. The number of nitrogens with zero attached hydrogens (tertiary/aromatic N) is 4. The van der Waals surface area contributed by atoms with Gasteiger partial charge in [0.15, 0.2) is 11.5 Å². The van der Waals surface area contributed by atoms with Crippen molar-refractivity contribution in [2.24, 2.45) is 0 Å². The Kier molecular flexibility index (Phi) is 8.36. The summed E-state index contributed by atoms with van der Waals surface area (Å²) in [4.78, 5) is 36.4. The van der Waals surface area contributed by atoms with Gasteiger partial charge in [-0.2, -0.15) is 4.98 Å². The van der Waals surface area contributed by atoms with Crippen LogP contribution in [-0.2, 0) is 6.54 Å². The molecule has 1 aromatic carbocycles. The highest BCUT2D eigenvalue weighted by atomic mass is 35.5. The quantitative estimate of drug-likeness (QED) is 0.409. The van der Waals surface area contributed by atoms with Crippen molar-refractivity contribution < 1.29 is 0 Å². The van der Waals surface area contributed by atoms with Gasteiger partial charge in [0.05, 0.1) is 21.1 Å². The monoisotopic (exact) mass is 485 g/mol. The second kappa shape index (κ2) is 10.1. The molecule has 0 fully saturated rings. The summed E-state index contributed by atoms with van der Waals surface area (Å²) in [6.07, 6.45) is 0. The fourth-order valence-electron chi connectivity index (χ4n) is 2.83.